The standard InChI is InChI=1S/C22H29ClO/c1-7-21(3,4)16-13-18(15-9-11-17(23)12-10-15)20(24)19(14-16)22(5,6)8-2/h9-14,24H,7-8H2,1-6H3. The molecule has 0 aliphatic rings. The second-order valence-electron chi connectivity index (χ2n) is 7.90. The van der Waals surface area contributed by atoms with Gasteiger partial charge in [0, 0.05) is 16.1 Å². The van der Waals surface area contributed by atoms with Gasteiger partial charge in [-0.3, -0.25) is 0 Å². The van der Waals surface area contributed by atoms with Crippen LogP contribution in [0.3, 0.4) is 0 Å². The molecule has 2 rings (SSSR count). The van der Waals surface area contributed by atoms with Gasteiger partial charge in [0.25, 0.3) is 0 Å². The number of phenolic OH excluding ortho intramolecular Hbond substituents is 1. The number of benzene rings is 2. The van der Waals surface area contributed by atoms with Crippen LogP contribution in [0.2, 0.25) is 5.02 Å². The van der Waals surface area contributed by atoms with Crippen molar-refractivity contribution in [3.05, 3.63) is 52.5 Å². The van der Waals surface area contributed by atoms with Gasteiger partial charge in [-0.15, -0.1) is 0 Å². The zero-order valence-electron chi connectivity index (χ0n) is 15.7. The summed E-state index contributed by atoms with van der Waals surface area (Å²) >= 11 is 6.03. The van der Waals surface area contributed by atoms with Crippen molar-refractivity contribution in [1.82, 2.24) is 0 Å². The highest BCUT2D eigenvalue weighted by atomic mass is 35.5. The van der Waals surface area contributed by atoms with Crippen molar-refractivity contribution >= 4 is 11.6 Å². The zero-order valence-corrected chi connectivity index (χ0v) is 16.5. The SMILES string of the molecule is CCC(C)(C)c1cc(-c2ccc(Cl)cc2)c(O)c(C(C)(C)CC)c1. The Bertz CT molecular complexity index is 711. The first-order chi connectivity index (χ1) is 11.1. The molecule has 130 valence electrons. The first kappa shape index (κ1) is 18.9. The number of aromatic hydroxyl groups is 1. The fourth-order valence-electron chi connectivity index (χ4n) is 2.79. The number of hydrogen-bond acceptors (Lipinski definition) is 1. The van der Waals surface area contributed by atoms with Crippen LogP contribution in [-0.2, 0) is 10.8 Å². The van der Waals surface area contributed by atoms with E-state index in [1.54, 1.807) is 0 Å². The smallest absolute Gasteiger partial charge is 0.127 e. The molecule has 0 bridgehead atoms. The Morgan fingerprint density at radius 3 is 1.92 bits per heavy atom. The largest absolute Gasteiger partial charge is 0.507 e. The van der Waals surface area contributed by atoms with Gasteiger partial charge >= 0.3 is 0 Å². The molecule has 2 heteroatoms. The summed E-state index contributed by atoms with van der Waals surface area (Å²) in [4.78, 5) is 0. The molecule has 2 aromatic carbocycles. The Balaban J connectivity index is 2.76. The van der Waals surface area contributed by atoms with Gasteiger partial charge in [-0.2, -0.15) is 0 Å². The van der Waals surface area contributed by atoms with Crippen LogP contribution in [0.1, 0.15) is 65.5 Å². The van der Waals surface area contributed by atoms with Crippen molar-refractivity contribution in [3.63, 3.8) is 0 Å². The number of halogens is 1. The van der Waals surface area contributed by atoms with Gasteiger partial charge in [-0.25, -0.2) is 0 Å². The Kier molecular flexibility index (Phi) is 5.34. The lowest BCUT2D eigenvalue weighted by Crippen LogP contribution is -2.20. The zero-order chi connectivity index (χ0) is 18.1. The summed E-state index contributed by atoms with van der Waals surface area (Å²) in [5, 5.41) is 11.7. The number of rotatable bonds is 5. The van der Waals surface area contributed by atoms with E-state index in [1.807, 2.05) is 24.3 Å². The van der Waals surface area contributed by atoms with Crippen LogP contribution in [0.25, 0.3) is 11.1 Å². The van der Waals surface area contributed by atoms with Gasteiger partial charge in [0.15, 0.2) is 0 Å². The Morgan fingerprint density at radius 2 is 1.42 bits per heavy atom. The lowest BCUT2D eigenvalue weighted by molar-refractivity contribution is 0.426. The molecule has 24 heavy (non-hydrogen) atoms. The van der Waals surface area contributed by atoms with E-state index in [2.05, 4.69) is 53.7 Å². The molecule has 0 amide bonds. The van der Waals surface area contributed by atoms with Crippen molar-refractivity contribution in [2.45, 2.75) is 65.2 Å². The summed E-state index contributed by atoms with van der Waals surface area (Å²) in [5.74, 6) is 0.389. The summed E-state index contributed by atoms with van der Waals surface area (Å²) in [6, 6.07) is 12.0. The van der Waals surface area contributed by atoms with Gasteiger partial charge in [-0.1, -0.05) is 71.3 Å². The highest BCUT2D eigenvalue weighted by Crippen LogP contribution is 2.43. The van der Waals surface area contributed by atoms with Gasteiger partial charge in [-0.05, 0) is 53.0 Å². The van der Waals surface area contributed by atoms with E-state index < -0.39 is 0 Å². The maximum atomic E-state index is 11.0. The third-order valence-corrected chi connectivity index (χ3v) is 5.80. The molecule has 0 aromatic heterocycles. The van der Waals surface area contributed by atoms with E-state index in [0.29, 0.717) is 10.8 Å². The van der Waals surface area contributed by atoms with E-state index in [-0.39, 0.29) is 10.8 Å². The normalized spacial score (nSPS) is 12.5. The highest BCUT2D eigenvalue weighted by molar-refractivity contribution is 6.30. The first-order valence-electron chi connectivity index (χ1n) is 8.76. The van der Waals surface area contributed by atoms with Crippen LogP contribution in [0, 0.1) is 0 Å². The van der Waals surface area contributed by atoms with Crippen molar-refractivity contribution in [2.24, 2.45) is 0 Å². The Labute approximate surface area is 151 Å². The van der Waals surface area contributed by atoms with Crippen molar-refractivity contribution in [1.29, 1.82) is 0 Å². The maximum absolute atomic E-state index is 11.0. The molecule has 0 saturated heterocycles. The molecule has 0 heterocycles. The fraction of sp³-hybridized carbons (Fsp3) is 0.455. The van der Waals surface area contributed by atoms with Crippen LogP contribution in [-0.4, -0.2) is 5.11 Å². The minimum atomic E-state index is -0.0783. The van der Waals surface area contributed by atoms with Gasteiger partial charge in [0.05, 0.1) is 0 Å². The van der Waals surface area contributed by atoms with Crippen LogP contribution in [0.4, 0.5) is 0 Å². The Hall–Kier alpha value is -1.47. The molecule has 0 saturated carbocycles. The van der Waals surface area contributed by atoms with Gasteiger partial charge in [0.1, 0.15) is 5.75 Å². The predicted molar refractivity (Wildman–Crippen MR) is 105 cm³/mol. The summed E-state index contributed by atoms with van der Waals surface area (Å²) in [7, 11) is 0. The molecule has 0 aliphatic carbocycles. The summed E-state index contributed by atoms with van der Waals surface area (Å²) < 4.78 is 0. The molecule has 0 fully saturated rings. The molecule has 1 N–H and O–H groups in total. The second kappa shape index (κ2) is 6.80. The third kappa shape index (κ3) is 3.62. The predicted octanol–water partition coefficient (Wildman–Crippen LogP) is 7.09. The monoisotopic (exact) mass is 344 g/mol. The molecular formula is C22H29ClO. The molecule has 0 radical (unpaired) electrons. The molecule has 1 nitrogen and oxygen atoms in total. The third-order valence-electron chi connectivity index (χ3n) is 5.54. The van der Waals surface area contributed by atoms with Crippen molar-refractivity contribution in [3.8, 4) is 16.9 Å². The van der Waals surface area contributed by atoms with E-state index in [4.69, 9.17) is 11.6 Å². The number of phenols is 1. The van der Waals surface area contributed by atoms with Crippen molar-refractivity contribution in [2.75, 3.05) is 0 Å². The molecule has 0 unspecified atom stereocenters. The van der Waals surface area contributed by atoms with E-state index >= 15 is 0 Å². The van der Waals surface area contributed by atoms with Crippen LogP contribution >= 0.6 is 11.6 Å². The lowest BCUT2D eigenvalue weighted by Gasteiger charge is -2.30. The van der Waals surface area contributed by atoms with E-state index in [1.165, 1.54) is 5.56 Å². The first-order valence-corrected chi connectivity index (χ1v) is 9.14. The second-order valence-corrected chi connectivity index (χ2v) is 8.34. The van der Waals surface area contributed by atoms with E-state index in [0.717, 1.165) is 29.5 Å². The highest BCUT2D eigenvalue weighted by Gasteiger charge is 2.28. The molecule has 0 aliphatic heterocycles. The van der Waals surface area contributed by atoms with E-state index in [9.17, 15) is 5.11 Å². The molecule has 0 spiro atoms. The number of hydrogen-bond donors (Lipinski definition) is 1. The summed E-state index contributed by atoms with van der Waals surface area (Å²) in [5.41, 5.74) is 4.16. The topological polar surface area (TPSA) is 20.2 Å². The van der Waals surface area contributed by atoms with Gasteiger partial charge in [0.2, 0.25) is 0 Å². The Morgan fingerprint density at radius 1 is 0.875 bits per heavy atom. The summed E-state index contributed by atoms with van der Waals surface area (Å²) in [6.45, 7) is 13.3. The lowest BCUT2D eigenvalue weighted by atomic mass is 9.74. The average molecular weight is 345 g/mol. The minimum absolute atomic E-state index is 0.0629. The van der Waals surface area contributed by atoms with Crippen LogP contribution in [0.15, 0.2) is 36.4 Å². The van der Waals surface area contributed by atoms with Crippen LogP contribution < -0.4 is 0 Å². The fourth-order valence-corrected chi connectivity index (χ4v) is 2.91. The van der Waals surface area contributed by atoms with Crippen molar-refractivity contribution < 1.29 is 5.11 Å². The molecular weight excluding hydrogens is 316 g/mol. The average Bonchev–Trinajstić information content (AvgIpc) is 2.55. The molecule has 2 aromatic rings. The molecule has 0 atom stereocenters. The van der Waals surface area contributed by atoms with Gasteiger partial charge < -0.3 is 5.11 Å². The quantitative estimate of drug-likeness (QED) is 0.613. The van der Waals surface area contributed by atoms with Crippen LogP contribution in [0.5, 0.6) is 5.75 Å². The maximum Gasteiger partial charge on any atom is 0.127 e. The summed E-state index contributed by atoms with van der Waals surface area (Å²) in [6.07, 6.45) is 2.01. The minimum Gasteiger partial charge on any atom is -0.507 e.